The fraction of sp³-hybridized carbons (Fsp3) is 0.200. The first-order valence-electron chi connectivity index (χ1n) is 9.67. The Hall–Kier alpha value is -3.08. The van der Waals surface area contributed by atoms with Crippen LogP contribution < -0.4 is 9.47 Å². The molecule has 146 valence electrons. The van der Waals surface area contributed by atoms with E-state index in [0.717, 1.165) is 38.8 Å². The van der Waals surface area contributed by atoms with Crippen LogP contribution in [0.4, 0.5) is 0 Å². The van der Waals surface area contributed by atoms with E-state index in [1.165, 1.54) is 5.39 Å². The molecule has 1 aliphatic heterocycles. The van der Waals surface area contributed by atoms with Crippen LogP contribution in [0, 0.1) is 0 Å². The molecule has 1 fully saturated rings. The van der Waals surface area contributed by atoms with Crippen molar-refractivity contribution in [2.75, 3.05) is 27.4 Å². The third-order valence-corrected chi connectivity index (χ3v) is 5.59. The first kappa shape index (κ1) is 18.0. The molecule has 0 spiro atoms. The summed E-state index contributed by atoms with van der Waals surface area (Å²) in [5, 5.41) is 4.51. The lowest BCUT2D eigenvalue weighted by Gasteiger charge is -2.30. The number of ether oxygens (including phenoxy) is 4. The number of methoxy groups -OCH3 is 2. The van der Waals surface area contributed by atoms with Crippen molar-refractivity contribution in [1.82, 2.24) is 0 Å². The van der Waals surface area contributed by atoms with Crippen molar-refractivity contribution in [2.45, 2.75) is 5.79 Å². The molecule has 0 atom stereocenters. The van der Waals surface area contributed by atoms with E-state index in [0.29, 0.717) is 13.2 Å². The molecule has 0 radical (unpaired) electrons. The molecule has 0 amide bonds. The van der Waals surface area contributed by atoms with Crippen LogP contribution in [0.5, 0.6) is 11.5 Å². The van der Waals surface area contributed by atoms with Crippen molar-refractivity contribution in [2.24, 2.45) is 0 Å². The average molecular weight is 386 g/mol. The van der Waals surface area contributed by atoms with Crippen molar-refractivity contribution in [3.8, 4) is 11.5 Å². The molecule has 1 saturated heterocycles. The number of fused-ring (bicyclic) bond motifs is 3. The molecule has 0 N–H and O–H groups in total. The van der Waals surface area contributed by atoms with Crippen LogP contribution in [0.3, 0.4) is 0 Å². The Labute approximate surface area is 169 Å². The highest BCUT2D eigenvalue weighted by molar-refractivity contribution is 6.09. The monoisotopic (exact) mass is 386 g/mol. The predicted octanol–water partition coefficient (Wildman–Crippen LogP) is 5.26. The van der Waals surface area contributed by atoms with E-state index in [9.17, 15) is 0 Å². The quantitative estimate of drug-likeness (QED) is 0.449. The molecule has 0 saturated carbocycles. The van der Waals surface area contributed by atoms with Crippen LogP contribution in [0.15, 0.2) is 72.8 Å². The Morgan fingerprint density at radius 3 is 2.10 bits per heavy atom. The molecule has 4 nitrogen and oxygen atoms in total. The van der Waals surface area contributed by atoms with Crippen molar-refractivity contribution in [1.29, 1.82) is 0 Å². The topological polar surface area (TPSA) is 36.9 Å². The molecule has 29 heavy (non-hydrogen) atoms. The lowest BCUT2D eigenvalue weighted by atomic mass is 9.89. The van der Waals surface area contributed by atoms with E-state index in [-0.39, 0.29) is 0 Å². The molecule has 5 rings (SSSR count). The third kappa shape index (κ3) is 2.84. The summed E-state index contributed by atoms with van der Waals surface area (Å²) >= 11 is 0. The van der Waals surface area contributed by atoms with Gasteiger partial charge in [-0.05, 0) is 64.0 Å². The summed E-state index contributed by atoms with van der Waals surface area (Å²) in [5.74, 6) is 0.671. The fourth-order valence-electron chi connectivity index (χ4n) is 4.18. The first-order valence-corrected chi connectivity index (χ1v) is 9.67. The summed E-state index contributed by atoms with van der Waals surface area (Å²) in [5.41, 5.74) is 1.94. The van der Waals surface area contributed by atoms with Crippen LogP contribution in [-0.2, 0) is 15.3 Å². The molecule has 4 aromatic rings. The number of hydrogen-bond donors (Lipinski definition) is 0. The smallest absolute Gasteiger partial charge is 0.223 e. The maximum Gasteiger partial charge on any atom is 0.223 e. The SMILES string of the molecule is COc1ccc(C2(c3cc4ccccc4c4cc(OC)ccc34)OCCO2)cc1. The van der Waals surface area contributed by atoms with E-state index < -0.39 is 5.79 Å². The minimum Gasteiger partial charge on any atom is -0.497 e. The van der Waals surface area contributed by atoms with Crippen molar-refractivity contribution >= 4 is 21.5 Å². The Balaban J connectivity index is 1.82. The molecular formula is C25H22O4. The van der Waals surface area contributed by atoms with Crippen LogP contribution >= 0.6 is 0 Å². The van der Waals surface area contributed by atoms with Crippen LogP contribution in [0.2, 0.25) is 0 Å². The minimum absolute atomic E-state index is 0.538. The van der Waals surface area contributed by atoms with Crippen molar-refractivity contribution in [3.05, 3.63) is 83.9 Å². The van der Waals surface area contributed by atoms with Gasteiger partial charge >= 0.3 is 0 Å². The number of hydrogen-bond acceptors (Lipinski definition) is 4. The third-order valence-electron chi connectivity index (χ3n) is 5.59. The van der Waals surface area contributed by atoms with Gasteiger partial charge in [0.05, 0.1) is 27.4 Å². The van der Waals surface area contributed by atoms with Gasteiger partial charge in [0, 0.05) is 11.1 Å². The van der Waals surface area contributed by atoms with Gasteiger partial charge in [-0.15, -0.1) is 0 Å². The molecular weight excluding hydrogens is 364 g/mol. The van der Waals surface area contributed by atoms with Crippen LogP contribution in [-0.4, -0.2) is 27.4 Å². The minimum atomic E-state index is -0.955. The Kier molecular flexibility index (Phi) is 4.38. The Morgan fingerprint density at radius 2 is 1.38 bits per heavy atom. The van der Waals surface area contributed by atoms with Gasteiger partial charge in [0.1, 0.15) is 11.5 Å². The van der Waals surface area contributed by atoms with Gasteiger partial charge < -0.3 is 18.9 Å². The van der Waals surface area contributed by atoms with Crippen molar-refractivity contribution < 1.29 is 18.9 Å². The summed E-state index contributed by atoms with van der Waals surface area (Å²) in [6, 6.07) is 24.6. The highest BCUT2D eigenvalue weighted by Gasteiger charge is 2.42. The van der Waals surface area contributed by atoms with Gasteiger partial charge in [-0.1, -0.05) is 30.3 Å². The second-order valence-corrected chi connectivity index (χ2v) is 7.10. The van der Waals surface area contributed by atoms with E-state index in [1.54, 1.807) is 14.2 Å². The van der Waals surface area contributed by atoms with E-state index in [2.05, 4.69) is 42.5 Å². The lowest BCUT2D eigenvalue weighted by Crippen LogP contribution is -2.29. The Morgan fingerprint density at radius 1 is 0.690 bits per heavy atom. The van der Waals surface area contributed by atoms with Crippen LogP contribution in [0.25, 0.3) is 21.5 Å². The summed E-state index contributed by atoms with van der Waals surface area (Å²) in [7, 11) is 3.35. The summed E-state index contributed by atoms with van der Waals surface area (Å²) in [6.07, 6.45) is 0. The largest absolute Gasteiger partial charge is 0.497 e. The van der Waals surface area contributed by atoms with E-state index in [4.69, 9.17) is 18.9 Å². The maximum atomic E-state index is 6.31. The van der Waals surface area contributed by atoms with Gasteiger partial charge in [0.2, 0.25) is 5.79 Å². The maximum absolute atomic E-state index is 6.31. The molecule has 0 aliphatic carbocycles. The molecule has 0 aromatic heterocycles. The summed E-state index contributed by atoms with van der Waals surface area (Å²) in [4.78, 5) is 0. The average Bonchev–Trinajstić information content (AvgIpc) is 3.29. The van der Waals surface area contributed by atoms with E-state index >= 15 is 0 Å². The van der Waals surface area contributed by atoms with Gasteiger partial charge in [-0.25, -0.2) is 0 Å². The predicted molar refractivity (Wildman–Crippen MR) is 114 cm³/mol. The molecule has 1 aliphatic rings. The van der Waals surface area contributed by atoms with Gasteiger partial charge in [0.15, 0.2) is 0 Å². The normalized spacial score (nSPS) is 15.7. The highest BCUT2D eigenvalue weighted by atomic mass is 16.7. The zero-order valence-corrected chi connectivity index (χ0v) is 16.5. The summed E-state index contributed by atoms with van der Waals surface area (Å²) < 4.78 is 23.4. The number of rotatable bonds is 4. The van der Waals surface area contributed by atoms with Gasteiger partial charge in [-0.3, -0.25) is 0 Å². The molecule has 1 heterocycles. The van der Waals surface area contributed by atoms with Gasteiger partial charge in [-0.2, -0.15) is 0 Å². The van der Waals surface area contributed by atoms with E-state index in [1.807, 2.05) is 30.3 Å². The number of benzene rings is 4. The van der Waals surface area contributed by atoms with Crippen LogP contribution in [0.1, 0.15) is 11.1 Å². The molecule has 0 bridgehead atoms. The zero-order valence-electron chi connectivity index (χ0n) is 16.5. The second kappa shape index (κ2) is 7.07. The van der Waals surface area contributed by atoms with Gasteiger partial charge in [0.25, 0.3) is 0 Å². The second-order valence-electron chi connectivity index (χ2n) is 7.10. The highest BCUT2D eigenvalue weighted by Crippen LogP contribution is 2.44. The molecule has 4 heteroatoms. The Bertz CT molecular complexity index is 1170. The molecule has 4 aromatic carbocycles. The summed E-state index contributed by atoms with van der Waals surface area (Å²) in [6.45, 7) is 1.08. The zero-order chi connectivity index (χ0) is 19.8. The first-order chi connectivity index (χ1) is 14.2. The molecule has 0 unspecified atom stereocenters. The standard InChI is InChI=1S/C25H22O4/c1-26-19-9-7-18(8-10-19)25(28-13-14-29-25)24-15-17-5-3-4-6-21(17)23-16-20(27-2)11-12-22(23)24/h3-12,15-16H,13-14H2,1-2H3. The lowest BCUT2D eigenvalue weighted by molar-refractivity contribution is -0.128. The van der Waals surface area contributed by atoms with Crippen molar-refractivity contribution in [3.63, 3.8) is 0 Å². The fourth-order valence-corrected chi connectivity index (χ4v) is 4.18.